The van der Waals surface area contributed by atoms with Gasteiger partial charge in [-0.25, -0.2) is 4.79 Å². The van der Waals surface area contributed by atoms with E-state index in [1.165, 1.54) is 12.3 Å². The highest BCUT2D eigenvalue weighted by Crippen LogP contribution is 2.22. The third-order valence-electron chi connectivity index (χ3n) is 5.27. The lowest BCUT2D eigenvalue weighted by Crippen LogP contribution is -2.27. The molecular weight excluding hydrogens is 370 g/mol. The quantitative estimate of drug-likeness (QED) is 0.513. The number of nitrogens with zero attached hydrogens (tertiary/aromatic N) is 1. The fourth-order valence-corrected chi connectivity index (χ4v) is 3.77. The number of aryl methyl sites for hydroxylation is 2. The molecule has 150 valence electrons. The lowest BCUT2D eigenvalue weighted by Gasteiger charge is -2.13. The lowest BCUT2D eigenvalue weighted by atomic mass is 10.1. The molecular formula is C22H23N3O4. The Labute approximate surface area is 168 Å². The molecule has 0 aliphatic carbocycles. The number of ketones is 1. The number of carbonyl (C=O) groups is 3. The van der Waals surface area contributed by atoms with Crippen LogP contribution < -0.4 is 0 Å². The first-order chi connectivity index (χ1) is 13.9. The van der Waals surface area contributed by atoms with E-state index in [-0.39, 0.29) is 18.3 Å². The Balaban J connectivity index is 1.40. The second kappa shape index (κ2) is 7.58. The van der Waals surface area contributed by atoms with Crippen LogP contribution in [-0.2, 0) is 4.74 Å². The molecule has 1 aromatic carbocycles. The maximum Gasteiger partial charge on any atom is 0.355 e. The number of hydrogen-bond donors (Lipinski definition) is 2. The minimum absolute atomic E-state index is 0.109. The van der Waals surface area contributed by atoms with Gasteiger partial charge in [0.2, 0.25) is 5.78 Å². The van der Waals surface area contributed by atoms with E-state index in [2.05, 4.69) is 9.97 Å². The van der Waals surface area contributed by atoms with Crippen LogP contribution in [0.2, 0.25) is 0 Å². The van der Waals surface area contributed by atoms with E-state index in [4.69, 9.17) is 4.74 Å². The van der Waals surface area contributed by atoms with Crippen molar-refractivity contribution in [3.63, 3.8) is 0 Å². The molecule has 2 aromatic heterocycles. The number of likely N-dealkylation sites (tertiary alicyclic amines) is 1. The van der Waals surface area contributed by atoms with Crippen LogP contribution in [0, 0.1) is 13.8 Å². The highest BCUT2D eigenvalue weighted by atomic mass is 16.5. The molecule has 0 unspecified atom stereocenters. The van der Waals surface area contributed by atoms with Gasteiger partial charge in [0.25, 0.3) is 5.91 Å². The average Bonchev–Trinajstić information content (AvgIpc) is 3.45. The van der Waals surface area contributed by atoms with Crippen LogP contribution in [0.1, 0.15) is 55.3 Å². The molecule has 0 spiro atoms. The summed E-state index contributed by atoms with van der Waals surface area (Å²) >= 11 is 0. The molecule has 29 heavy (non-hydrogen) atoms. The van der Waals surface area contributed by atoms with Crippen molar-refractivity contribution >= 4 is 28.6 Å². The number of carbonyl (C=O) groups excluding carboxylic acids is 3. The zero-order valence-corrected chi connectivity index (χ0v) is 16.5. The number of benzene rings is 1. The molecule has 1 aliphatic heterocycles. The predicted molar refractivity (Wildman–Crippen MR) is 108 cm³/mol. The van der Waals surface area contributed by atoms with Gasteiger partial charge in [-0.1, -0.05) is 6.07 Å². The predicted octanol–water partition coefficient (Wildman–Crippen LogP) is 3.39. The van der Waals surface area contributed by atoms with E-state index in [9.17, 15) is 14.4 Å². The Bertz CT molecular complexity index is 1100. The Hall–Kier alpha value is -3.35. The standard InChI is InChI=1S/C22H23N3O4/c1-13-7-14(2)16-10-19(24-17(16)8-13)22(28)29-12-20(26)15-9-18(23-11-15)21(27)25-5-3-4-6-25/h7-11,23-24H,3-6,12H2,1-2H3. The molecule has 1 saturated heterocycles. The molecule has 4 rings (SSSR count). The summed E-state index contributed by atoms with van der Waals surface area (Å²) in [5.74, 6) is -1.06. The maximum atomic E-state index is 12.4. The van der Waals surface area contributed by atoms with Crippen molar-refractivity contribution in [2.75, 3.05) is 19.7 Å². The fraction of sp³-hybridized carbons (Fsp3) is 0.318. The Morgan fingerprint density at radius 3 is 2.55 bits per heavy atom. The SMILES string of the molecule is Cc1cc(C)c2cc(C(=O)OCC(=O)c3c[nH]c(C(=O)N4CCCC4)c3)[nH]c2c1. The minimum atomic E-state index is -0.587. The zero-order chi connectivity index (χ0) is 20.5. The largest absolute Gasteiger partial charge is 0.453 e. The van der Waals surface area contributed by atoms with Crippen molar-refractivity contribution in [2.45, 2.75) is 26.7 Å². The third kappa shape index (κ3) is 3.81. The Kier molecular flexibility index (Phi) is 4.96. The Morgan fingerprint density at radius 2 is 1.79 bits per heavy atom. The number of aromatic nitrogens is 2. The monoisotopic (exact) mass is 393 g/mol. The summed E-state index contributed by atoms with van der Waals surface area (Å²) in [6.07, 6.45) is 3.48. The fourth-order valence-electron chi connectivity index (χ4n) is 3.77. The first-order valence-corrected chi connectivity index (χ1v) is 9.70. The van der Waals surface area contributed by atoms with Crippen molar-refractivity contribution in [2.24, 2.45) is 0 Å². The van der Waals surface area contributed by atoms with Gasteiger partial charge >= 0.3 is 5.97 Å². The number of H-pyrrole nitrogens is 2. The lowest BCUT2D eigenvalue weighted by molar-refractivity contribution is 0.0470. The van der Waals surface area contributed by atoms with Crippen LogP contribution in [0.15, 0.2) is 30.5 Å². The number of ether oxygens (including phenoxy) is 1. The molecule has 7 heteroatoms. The molecule has 3 heterocycles. The van der Waals surface area contributed by atoms with E-state index in [0.717, 1.165) is 48.0 Å². The van der Waals surface area contributed by atoms with E-state index in [0.29, 0.717) is 17.0 Å². The normalized spacial score (nSPS) is 13.8. The second-order valence-electron chi connectivity index (χ2n) is 7.53. The van der Waals surface area contributed by atoms with Gasteiger partial charge in [0, 0.05) is 35.8 Å². The van der Waals surface area contributed by atoms with Crippen molar-refractivity contribution in [1.29, 1.82) is 0 Å². The number of hydrogen-bond acceptors (Lipinski definition) is 4. The van der Waals surface area contributed by atoms with E-state index >= 15 is 0 Å². The number of rotatable bonds is 5. The zero-order valence-electron chi connectivity index (χ0n) is 16.5. The van der Waals surface area contributed by atoms with E-state index in [1.807, 2.05) is 26.0 Å². The first-order valence-electron chi connectivity index (χ1n) is 9.70. The first kappa shape index (κ1) is 19.0. The van der Waals surface area contributed by atoms with Gasteiger partial charge in [0.1, 0.15) is 11.4 Å². The van der Waals surface area contributed by atoms with Gasteiger partial charge in [-0.3, -0.25) is 9.59 Å². The third-order valence-corrected chi connectivity index (χ3v) is 5.27. The second-order valence-corrected chi connectivity index (χ2v) is 7.53. The molecule has 0 bridgehead atoms. The van der Waals surface area contributed by atoms with Crippen LogP contribution in [0.3, 0.4) is 0 Å². The molecule has 0 atom stereocenters. The number of fused-ring (bicyclic) bond motifs is 1. The van der Waals surface area contributed by atoms with Crippen LogP contribution in [0.4, 0.5) is 0 Å². The van der Waals surface area contributed by atoms with Crippen LogP contribution in [0.5, 0.6) is 0 Å². The van der Waals surface area contributed by atoms with Gasteiger partial charge in [-0.15, -0.1) is 0 Å². The molecule has 2 N–H and O–H groups in total. The van der Waals surface area contributed by atoms with Crippen molar-refractivity contribution in [3.8, 4) is 0 Å². The summed E-state index contributed by atoms with van der Waals surface area (Å²) in [7, 11) is 0. The molecule has 0 radical (unpaired) electrons. The summed E-state index contributed by atoms with van der Waals surface area (Å²) in [4.78, 5) is 44.8. The topological polar surface area (TPSA) is 95.3 Å². The summed E-state index contributed by atoms with van der Waals surface area (Å²) in [5, 5.41) is 0.949. The van der Waals surface area contributed by atoms with Gasteiger partial charge in [0.15, 0.2) is 6.61 Å². The van der Waals surface area contributed by atoms with Crippen LogP contribution in [0.25, 0.3) is 10.9 Å². The number of aromatic amines is 2. The van der Waals surface area contributed by atoms with E-state index in [1.54, 1.807) is 11.0 Å². The number of Topliss-reactive ketones (excluding diaryl/α,β-unsaturated/α-hetero) is 1. The van der Waals surface area contributed by atoms with Crippen molar-refractivity contribution in [3.05, 3.63) is 58.5 Å². The summed E-state index contributed by atoms with van der Waals surface area (Å²) in [5.41, 5.74) is 4.02. The number of nitrogens with one attached hydrogen (secondary N) is 2. The highest BCUT2D eigenvalue weighted by molar-refractivity contribution is 6.02. The molecule has 7 nitrogen and oxygen atoms in total. The van der Waals surface area contributed by atoms with Crippen LogP contribution in [-0.4, -0.2) is 52.2 Å². The minimum Gasteiger partial charge on any atom is -0.453 e. The highest BCUT2D eigenvalue weighted by Gasteiger charge is 2.22. The molecule has 0 saturated carbocycles. The summed E-state index contributed by atoms with van der Waals surface area (Å²) < 4.78 is 5.18. The van der Waals surface area contributed by atoms with Gasteiger partial charge < -0.3 is 19.6 Å². The van der Waals surface area contributed by atoms with Gasteiger partial charge in [-0.2, -0.15) is 0 Å². The van der Waals surface area contributed by atoms with E-state index < -0.39 is 5.97 Å². The van der Waals surface area contributed by atoms with Crippen molar-refractivity contribution in [1.82, 2.24) is 14.9 Å². The van der Waals surface area contributed by atoms with Crippen molar-refractivity contribution < 1.29 is 19.1 Å². The maximum absolute atomic E-state index is 12.4. The number of amides is 1. The van der Waals surface area contributed by atoms with Gasteiger partial charge in [-0.05, 0) is 56.0 Å². The molecule has 1 amide bonds. The molecule has 1 fully saturated rings. The van der Waals surface area contributed by atoms with Gasteiger partial charge in [0.05, 0.1) is 0 Å². The van der Waals surface area contributed by atoms with Crippen LogP contribution >= 0.6 is 0 Å². The summed E-state index contributed by atoms with van der Waals surface area (Å²) in [6.45, 7) is 5.06. The Morgan fingerprint density at radius 1 is 1.03 bits per heavy atom. The average molecular weight is 393 g/mol. The molecule has 1 aliphatic rings. The molecule has 3 aromatic rings. The smallest absolute Gasteiger partial charge is 0.355 e. The number of esters is 1. The summed E-state index contributed by atoms with van der Waals surface area (Å²) in [6, 6.07) is 7.26.